The van der Waals surface area contributed by atoms with Gasteiger partial charge >= 0.3 is 0 Å². The van der Waals surface area contributed by atoms with E-state index in [0.29, 0.717) is 11.1 Å². The molecule has 0 bridgehead atoms. The van der Waals surface area contributed by atoms with E-state index in [1.807, 2.05) is 53.8 Å². The smallest absolute Gasteiger partial charge is 0.197 e. The van der Waals surface area contributed by atoms with Gasteiger partial charge in [0.1, 0.15) is 5.00 Å². The molecule has 9 rings (SSSR count). The molecule has 232 valence electrons. The van der Waals surface area contributed by atoms with Gasteiger partial charge in [-0.25, -0.2) is 0 Å². The standard InChI is InChI=1S/C44H33NO2S/c1-43(2)35-14-8-9-15-37(35)45(40-25-30-13-7-10-16-39(30)48-40)38-24-29-18-17-26(19-31(29)23-36(38)44(43,3)4)20-34-41(46)32-21-27-11-5-6-12-28(27)22-33(32)42(34)47/h5-25H,1-4H3. The molecule has 2 aliphatic rings. The zero-order chi connectivity index (χ0) is 32.9. The molecule has 2 heterocycles. The van der Waals surface area contributed by atoms with Crippen molar-refractivity contribution in [2.24, 2.45) is 0 Å². The van der Waals surface area contributed by atoms with E-state index < -0.39 is 0 Å². The van der Waals surface area contributed by atoms with Crippen molar-refractivity contribution in [2.75, 3.05) is 4.90 Å². The van der Waals surface area contributed by atoms with Gasteiger partial charge in [-0.05, 0) is 98.2 Å². The maximum atomic E-state index is 13.6. The maximum absolute atomic E-state index is 13.6. The SMILES string of the molecule is CC1(C)c2ccccc2N(c2cc3ccccc3s2)c2cc3ccc(C=C4C(=O)c5cc6ccccc6cc5C4=O)cc3cc2C1(C)C. The van der Waals surface area contributed by atoms with E-state index >= 15 is 0 Å². The zero-order valence-electron chi connectivity index (χ0n) is 27.3. The van der Waals surface area contributed by atoms with E-state index in [9.17, 15) is 9.59 Å². The van der Waals surface area contributed by atoms with E-state index in [2.05, 4.69) is 111 Å². The molecule has 0 spiro atoms. The monoisotopic (exact) mass is 639 g/mol. The molecule has 0 saturated carbocycles. The first-order valence-corrected chi connectivity index (χ1v) is 17.2. The second-order valence-corrected chi connectivity index (χ2v) is 15.2. The van der Waals surface area contributed by atoms with Crippen LogP contribution in [0.1, 0.15) is 65.1 Å². The molecule has 0 atom stereocenters. The number of Topliss-reactive ketones (excluding diaryl/α,β-unsaturated/α-hetero) is 2. The molecule has 7 aromatic rings. The highest BCUT2D eigenvalue weighted by Crippen LogP contribution is 2.57. The summed E-state index contributed by atoms with van der Waals surface area (Å²) in [4.78, 5) is 29.6. The predicted octanol–water partition coefficient (Wildman–Crippen LogP) is 11.7. The largest absolute Gasteiger partial charge is 0.301 e. The van der Waals surface area contributed by atoms with Crippen molar-refractivity contribution in [3.05, 3.63) is 155 Å². The Bertz CT molecular complexity index is 2480. The third kappa shape index (κ3) is 4.06. The number of nitrogens with zero attached hydrogens (tertiary/aromatic N) is 1. The van der Waals surface area contributed by atoms with Gasteiger partial charge in [0.2, 0.25) is 0 Å². The first kappa shape index (κ1) is 28.9. The van der Waals surface area contributed by atoms with Gasteiger partial charge in [-0.1, -0.05) is 100 Å². The number of thiophene rings is 1. The number of allylic oxidation sites excluding steroid dienone is 1. The average molecular weight is 640 g/mol. The lowest BCUT2D eigenvalue weighted by molar-refractivity contribution is 0.0990. The van der Waals surface area contributed by atoms with Gasteiger partial charge in [0.25, 0.3) is 0 Å². The molecule has 1 aliphatic carbocycles. The fourth-order valence-electron chi connectivity index (χ4n) is 7.70. The summed E-state index contributed by atoms with van der Waals surface area (Å²) >= 11 is 1.82. The number of hydrogen-bond acceptors (Lipinski definition) is 4. The molecule has 4 heteroatoms. The Kier molecular flexibility index (Phi) is 6.07. The molecular weight excluding hydrogens is 607 g/mol. The highest BCUT2D eigenvalue weighted by molar-refractivity contribution is 7.23. The molecule has 6 aromatic carbocycles. The Morgan fingerprint density at radius 2 is 1.15 bits per heavy atom. The molecule has 0 fully saturated rings. The van der Waals surface area contributed by atoms with Crippen LogP contribution in [0.2, 0.25) is 0 Å². The lowest BCUT2D eigenvalue weighted by atomic mass is 9.61. The van der Waals surface area contributed by atoms with E-state index in [4.69, 9.17) is 0 Å². The summed E-state index contributed by atoms with van der Waals surface area (Å²) in [5.41, 5.74) is 6.53. The van der Waals surface area contributed by atoms with Crippen LogP contribution < -0.4 is 4.90 Å². The summed E-state index contributed by atoms with van der Waals surface area (Å²) in [6.07, 6.45) is 1.77. The Labute approximate surface area is 283 Å². The summed E-state index contributed by atoms with van der Waals surface area (Å²) in [5, 5.41) is 6.53. The number of hydrogen-bond donors (Lipinski definition) is 0. The molecular formula is C44H33NO2S. The van der Waals surface area contributed by atoms with Crippen molar-refractivity contribution in [3.8, 4) is 0 Å². The average Bonchev–Trinajstić information content (AvgIpc) is 3.60. The number of carbonyl (C=O) groups is 2. The lowest BCUT2D eigenvalue weighted by Crippen LogP contribution is -2.39. The minimum Gasteiger partial charge on any atom is -0.301 e. The number of ketones is 2. The summed E-state index contributed by atoms with van der Waals surface area (Å²) in [7, 11) is 0. The van der Waals surface area contributed by atoms with Crippen molar-refractivity contribution in [1.82, 2.24) is 0 Å². The van der Waals surface area contributed by atoms with E-state index in [1.54, 1.807) is 6.08 Å². The normalized spacial score (nSPS) is 16.2. The zero-order valence-corrected chi connectivity index (χ0v) is 28.1. The van der Waals surface area contributed by atoms with Crippen LogP contribution >= 0.6 is 11.3 Å². The van der Waals surface area contributed by atoms with Crippen LogP contribution in [0.3, 0.4) is 0 Å². The first-order chi connectivity index (χ1) is 23.1. The van der Waals surface area contributed by atoms with Gasteiger partial charge < -0.3 is 4.90 Å². The van der Waals surface area contributed by atoms with Crippen molar-refractivity contribution in [3.63, 3.8) is 0 Å². The Balaban J connectivity index is 1.22. The van der Waals surface area contributed by atoms with Crippen LogP contribution in [-0.2, 0) is 10.8 Å². The number of para-hydroxylation sites is 1. The fraction of sp³-hybridized carbons (Fsp3) is 0.136. The number of fused-ring (bicyclic) bond motifs is 6. The lowest BCUT2D eigenvalue weighted by Gasteiger charge is -2.42. The van der Waals surface area contributed by atoms with Gasteiger partial charge in [-0.15, -0.1) is 11.3 Å². The van der Waals surface area contributed by atoms with Gasteiger partial charge in [-0.2, -0.15) is 0 Å². The van der Waals surface area contributed by atoms with Gasteiger partial charge in [-0.3, -0.25) is 9.59 Å². The van der Waals surface area contributed by atoms with Crippen molar-refractivity contribution in [1.29, 1.82) is 0 Å². The van der Waals surface area contributed by atoms with Crippen LogP contribution in [0.5, 0.6) is 0 Å². The highest BCUT2D eigenvalue weighted by Gasteiger charge is 2.46. The number of anilines is 3. The second kappa shape index (κ2) is 10.1. The van der Waals surface area contributed by atoms with Crippen LogP contribution in [-0.4, -0.2) is 11.6 Å². The summed E-state index contributed by atoms with van der Waals surface area (Å²) in [6.45, 7) is 9.42. The predicted molar refractivity (Wildman–Crippen MR) is 201 cm³/mol. The molecule has 0 N–H and O–H groups in total. The molecule has 48 heavy (non-hydrogen) atoms. The second-order valence-electron chi connectivity index (χ2n) is 14.2. The molecule has 0 radical (unpaired) electrons. The summed E-state index contributed by atoms with van der Waals surface area (Å²) < 4.78 is 1.26. The topological polar surface area (TPSA) is 37.4 Å². The van der Waals surface area contributed by atoms with Gasteiger partial charge in [0.15, 0.2) is 11.6 Å². The van der Waals surface area contributed by atoms with Gasteiger partial charge in [0.05, 0.1) is 16.9 Å². The Morgan fingerprint density at radius 3 is 1.85 bits per heavy atom. The third-order valence-electron chi connectivity index (χ3n) is 11.1. The fourth-order valence-corrected chi connectivity index (χ4v) is 8.79. The third-order valence-corrected chi connectivity index (χ3v) is 12.2. The number of benzene rings is 6. The minimum atomic E-state index is -0.242. The molecule has 0 amide bonds. The van der Waals surface area contributed by atoms with Crippen molar-refractivity contribution >= 4 is 77.0 Å². The van der Waals surface area contributed by atoms with Gasteiger partial charge in [0, 0.05) is 26.7 Å². The Morgan fingerprint density at radius 1 is 0.542 bits per heavy atom. The van der Waals surface area contributed by atoms with Crippen LogP contribution in [0.4, 0.5) is 16.4 Å². The quantitative estimate of drug-likeness (QED) is 0.140. The summed E-state index contributed by atoms with van der Waals surface area (Å²) in [5.74, 6) is -0.412. The van der Waals surface area contributed by atoms with Crippen molar-refractivity contribution in [2.45, 2.75) is 38.5 Å². The molecule has 0 saturated heterocycles. The Hall–Kier alpha value is -5.32. The molecule has 0 unspecified atom stereocenters. The van der Waals surface area contributed by atoms with Crippen LogP contribution in [0.15, 0.2) is 127 Å². The molecule has 3 nitrogen and oxygen atoms in total. The van der Waals surface area contributed by atoms with E-state index in [0.717, 1.165) is 27.1 Å². The van der Waals surface area contributed by atoms with Crippen LogP contribution in [0, 0.1) is 0 Å². The highest BCUT2D eigenvalue weighted by atomic mass is 32.1. The summed E-state index contributed by atoms with van der Waals surface area (Å²) in [6, 6.07) is 42.2. The number of rotatable bonds is 2. The van der Waals surface area contributed by atoms with E-state index in [1.165, 1.54) is 37.6 Å². The van der Waals surface area contributed by atoms with Crippen molar-refractivity contribution < 1.29 is 9.59 Å². The van der Waals surface area contributed by atoms with Crippen LogP contribution in [0.25, 0.3) is 37.7 Å². The number of carbonyl (C=O) groups excluding carboxylic acids is 2. The maximum Gasteiger partial charge on any atom is 0.197 e. The first-order valence-electron chi connectivity index (χ1n) is 16.4. The molecule has 1 aromatic heterocycles. The molecule has 1 aliphatic heterocycles. The van der Waals surface area contributed by atoms with E-state index in [-0.39, 0.29) is 28.0 Å². The minimum absolute atomic E-state index is 0.199.